The molecule has 0 unspecified atom stereocenters. The molecule has 0 heterocycles. The summed E-state index contributed by atoms with van der Waals surface area (Å²) in [6, 6.07) is 0. The second-order valence-corrected chi connectivity index (χ2v) is 6.09. The summed E-state index contributed by atoms with van der Waals surface area (Å²) in [5, 5.41) is 0. The van der Waals surface area contributed by atoms with Crippen LogP contribution in [0.25, 0.3) is 0 Å². The van der Waals surface area contributed by atoms with Crippen molar-refractivity contribution in [2.75, 3.05) is 0 Å². The molecule has 1 fully saturated rings. The molecule has 2 atom stereocenters. The summed E-state index contributed by atoms with van der Waals surface area (Å²) in [6.07, 6.45) is 10.2. The largest absolute Gasteiger partial charge is 0.0853 e. The van der Waals surface area contributed by atoms with Crippen molar-refractivity contribution < 1.29 is 0 Å². The second-order valence-electron chi connectivity index (χ2n) is 6.09. The maximum Gasteiger partial charge on any atom is -0.0143 e. The van der Waals surface area contributed by atoms with Crippen LogP contribution in [0.1, 0.15) is 53.4 Å². The predicted octanol–water partition coefficient (Wildman–Crippen LogP) is 4.73. The van der Waals surface area contributed by atoms with Gasteiger partial charge in [0, 0.05) is 0 Å². The van der Waals surface area contributed by atoms with Gasteiger partial charge in [-0.1, -0.05) is 37.1 Å². The fraction of sp³-hybridized carbons (Fsp3) is 0.733. The minimum absolute atomic E-state index is 0.575. The highest BCUT2D eigenvalue weighted by Crippen LogP contribution is 2.61. The van der Waals surface area contributed by atoms with Gasteiger partial charge < -0.3 is 0 Å². The Kier molecular flexibility index (Phi) is 2.79. The molecule has 0 amide bonds. The Bertz CT molecular complexity index is 304. The molecule has 2 aliphatic rings. The normalized spacial score (nSPS) is 41.9. The first kappa shape index (κ1) is 11.0. The molecule has 0 aromatic heterocycles. The summed E-state index contributed by atoms with van der Waals surface area (Å²) in [7, 11) is 0. The van der Waals surface area contributed by atoms with Gasteiger partial charge in [-0.05, 0) is 56.8 Å². The van der Waals surface area contributed by atoms with Gasteiger partial charge in [0.1, 0.15) is 0 Å². The van der Waals surface area contributed by atoms with E-state index in [1.165, 1.54) is 25.7 Å². The third-order valence-electron chi connectivity index (χ3n) is 4.48. The van der Waals surface area contributed by atoms with Crippen LogP contribution in [-0.2, 0) is 0 Å². The quantitative estimate of drug-likeness (QED) is 0.501. The molecule has 0 aliphatic heterocycles. The van der Waals surface area contributed by atoms with E-state index >= 15 is 0 Å². The first-order valence-corrected chi connectivity index (χ1v) is 6.34. The maximum absolute atomic E-state index is 2.55. The van der Waals surface area contributed by atoms with E-state index in [2.05, 4.69) is 39.8 Å². The molecule has 0 nitrogen and oxygen atoms in total. The molecule has 1 saturated carbocycles. The Morgan fingerprint density at radius 3 is 2.60 bits per heavy atom. The van der Waals surface area contributed by atoms with Gasteiger partial charge in [-0.15, -0.1) is 0 Å². The summed E-state index contributed by atoms with van der Waals surface area (Å²) < 4.78 is 0. The van der Waals surface area contributed by atoms with E-state index in [0.717, 1.165) is 11.8 Å². The van der Waals surface area contributed by atoms with Gasteiger partial charge in [0.05, 0.1) is 0 Å². The van der Waals surface area contributed by atoms with Crippen molar-refractivity contribution in [3.63, 3.8) is 0 Å². The van der Waals surface area contributed by atoms with Crippen LogP contribution in [0.3, 0.4) is 0 Å². The van der Waals surface area contributed by atoms with E-state index in [-0.39, 0.29) is 0 Å². The number of allylic oxidation sites excluding steroid dienone is 4. The molecule has 84 valence electrons. The van der Waals surface area contributed by atoms with E-state index < -0.39 is 0 Å². The van der Waals surface area contributed by atoms with Crippen LogP contribution in [0.15, 0.2) is 23.3 Å². The fourth-order valence-corrected chi connectivity index (χ4v) is 3.09. The van der Waals surface area contributed by atoms with Gasteiger partial charge in [0.15, 0.2) is 0 Å². The zero-order valence-electron chi connectivity index (χ0n) is 10.6. The lowest BCUT2D eigenvalue weighted by molar-refractivity contribution is 0.528. The Hall–Kier alpha value is -0.520. The summed E-state index contributed by atoms with van der Waals surface area (Å²) in [5.74, 6) is 1.80. The van der Waals surface area contributed by atoms with Crippen LogP contribution in [0.2, 0.25) is 0 Å². The van der Waals surface area contributed by atoms with Crippen molar-refractivity contribution in [3.05, 3.63) is 23.3 Å². The summed E-state index contributed by atoms with van der Waals surface area (Å²) in [6.45, 7) is 9.47. The third-order valence-corrected chi connectivity index (χ3v) is 4.48. The lowest BCUT2D eigenvalue weighted by atomic mass is 10.0. The lowest BCUT2D eigenvalue weighted by Gasteiger charge is -2.05. The van der Waals surface area contributed by atoms with Gasteiger partial charge in [0.2, 0.25) is 0 Å². The van der Waals surface area contributed by atoms with Crippen molar-refractivity contribution in [1.82, 2.24) is 0 Å². The molecule has 0 aromatic carbocycles. The Balaban J connectivity index is 2.13. The predicted molar refractivity (Wildman–Crippen MR) is 66.7 cm³/mol. The highest BCUT2D eigenvalue weighted by atomic mass is 14.6. The minimum Gasteiger partial charge on any atom is -0.0853 e. The first-order valence-electron chi connectivity index (χ1n) is 6.34. The molecular formula is C15H24. The van der Waals surface area contributed by atoms with Gasteiger partial charge in [-0.25, -0.2) is 0 Å². The standard InChI is InChI=1S/C15H24/c1-11-6-5-7-12(2)10-14-13(9-8-11)15(14,3)4/h6,10,13-14H,5,7-9H2,1-4H3/b11-6+,12-10-/t13-,14+/m1/s1. The molecule has 2 rings (SSSR count). The zero-order chi connectivity index (χ0) is 11.1. The molecule has 0 radical (unpaired) electrons. The van der Waals surface area contributed by atoms with Crippen molar-refractivity contribution in [2.45, 2.75) is 53.4 Å². The molecule has 0 spiro atoms. The average molecular weight is 204 g/mol. The van der Waals surface area contributed by atoms with Gasteiger partial charge >= 0.3 is 0 Å². The molecule has 15 heavy (non-hydrogen) atoms. The third kappa shape index (κ3) is 2.19. The SMILES string of the molecule is C/C1=C/[C@H]2[C@@H](CC/C(C)=C/CC1)C2(C)C. The molecular weight excluding hydrogens is 180 g/mol. The minimum atomic E-state index is 0.575. The number of hydrogen-bond donors (Lipinski definition) is 0. The van der Waals surface area contributed by atoms with Crippen LogP contribution in [0.4, 0.5) is 0 Å². The van der Waals surface area contributed by atoms with Crippen LogP contribution >= 0.6 is 0 Å². The van der Waals surface area contributed by atoms with E-state index in [1.54, 1.807) is 11.1 Å². The van der Waals surface area contributed by atoms with Crippen molar-refractivity contribution >= 4 is 0 Å². The van der Waals surface area contributed by atoms with Gasteiger partial charge in [-0.2, -0.15) is 0 Å². The van der Waals surface area contributed by atoms with Crippen LogP contribution in [0.5, 0.6) is 0 Å². The maximum atomic E-state index is 2.55. The topological polar surface area (TPSA) is 0 Å². The highest BCUT2D eigenvalue weighted by Gasteiger charge is 2.55. The van der Waals surface area contributed by atoms with Crippen LogP contribution < -0.4 is 0 Å². The number of fused-ring (bicyclic) bond motifs is 1. The Labute approximate surface area is 94.5 Å². The summed E-state index contributed by atoms with van der Waals surface area (Å²) in [5.41, 5.74) is 3.78. The van der Waals surface area contributed by atoms with Crippen LogP contribution in [0, 0.1) is 17.3 Å². The molecule has 0 bridgehead atoms. The molecule has 2 aliphatic carbocycles. The van der Waals surface area contributed by atoms with Crippen LogP contribution in [-0.4, -0.2) is 0 Å². The molecule has 0 saturated heterocycles. The van der Waals surface area contributed by atoms with Gasteiger partial charge in [0.25, 0.3) is 0 Å². The summed E-state index contributed by atoms with van der Waals surface area (Å²) in [4.78, 5) is 0. The molecule has 0 aromatic rings. The first-order chi connectivity index (χ1) is 7.01. The molecule has 0 heteroatoms. The Morgan fingerprint density at radius 2 is 1.87 bits per heavy atom. The van der Waals surface area contributed by atoms with E-state index in [1.807, 2.05) is 0 Å². The van der Waals surface area contributed by atoms with E-state index in [0.29, 0.717) is 5.41 Å². The van der Waals surface area contributed by atoms with Crippen molar-refractivity contribution in [1.29, 1.82) is 0 Å². The number of rotatable bonds is 0. The fourth-order valence-electron chi connectivity index (χ4n) is 3.09. The monoisotopic (exact) mass is 204 g/mol. The second kappa shape index (κ2) is 3.81. The van der Waals surface area contributed by atoms with Crippen molar-refractivity contribution in [2.24, 2.45) is 17.3 Å². The van der Waals surface area contributed by atoms with Crippen molar-refractivity contribution in [3.8, 4) is 0 Å². The molecule has 0 N–H and O–H groups in total. The van der Waals surface area contributed by atoms with Gasteiger partial charge in [-0.3, -0.25) is 0 Å². The van der Waals surface area contributed by atoms with E-state index in [4.69, 9.17) is 0 Å². The van der Waals surface area contributed by atoms with E-state index in [9.17, 15) is 0 Å². The zero-order valence-corrected chi connectivity index (χ0v) is 10.6. The highest BCUT2D eigenvalue weighted by molar-refractivity contribution is 5.19. The Morgan fingerprint density at radius 1 is 1.13 bits per heavy atom. The summed E-state index contributed by atoms with van der Waals surface area (Å²) >= 11 is 0. The average Bonchev–Trinajstić information content (AvgIpc) is 2.65. The smallest absolute Gasteiger partial charge is 0.0143 e. The lowest BCUT2D eigenvalue weighted by Crippen LogP contribution is -1.90. The number of hydrogen-bond acceptors (Lipinski definition) is 0.